The molecule has 2 aromatic rings. The summed E-state index contributed by atoms with van der Waals surface area (Å²) in [5.74, 6) is -14.9. The van der Waals surface area contributed by atoms with Crippen LogP contribution in [0.4, 0.5) is 62.8 Å². The third-order valence-electron chi connectivity index (χ3n) is 4.73. The molecule has 2 aromatic carbocycles. The SMILES string of the molecule is COc1cccc(OC)c1C(=O)Nc1cccc(C(F)(F)C(F)(F)OC(F)(F)C(F)(F)C(F)(F)OC(F)(F)F)c1. The first kappa shape index (κ1) is 32.7. The van der Waals surface area contributed by atoms with Gasteiger partial charge in [-0.05, 0) is 24.3 Å². The van der Waals surface area contributed by atoms with Crippen molar-refractivity contribution in [1.29, 1.82) is 0 Å². The Morgan fingerprint density at radius 1 is 0.675 bits per heavy atom. The fourth-order valence-corrected chi connectivity index (χ4v) is 2.90. The molecule has 0 radical (unpaired) electrons. The number of anilines is 1. The summed E-state index contributed by atoms with van der Waals surface area (Å²) >= 11 is 0. The summed E-state index contributed by atoms with van der Waals surface area (Å²) in [5.41, 5.74) is -3.02. The van der Waals surface area contributed by atoms with Gasteiger partial charge in [0.05, 0.1) is 14.2 Å². The number of halogens is 13. The van der Waals surface area contributed by atoms with Gasteiger partial charge in [0.15, 0.2) is 0 Å². The number of ether oxygens (including phenoxy) is 4. The molecule has 0 aliphatic rings. The summed E-state index contributed by atoms with van der Waals surface area (Å²) in [6.07, 6.45) is -28.1. The fraction of sp³-hybridized carbons (Fsp3) is 0.381. The van der Waals surface area contributed by atoms with E-state index in [1.807, 2.05) is 10.1 Å². The van der Waals surface area contributed by atoms with E-state index in [-0.39, 0.29) is 29.2 Å². The largest absolute Gasteiger partial charge is 0.527 e. The lowest BCUT2D eigenvalue weighted by molar-refractivity contribution is -0.535. The quantitative estimate of drug-likeness (QED) is 0.279. The van der Waals surface area contributed by atoms with Crippen LogP contribution in [-0.2, 0) is 15.4 Å². The summed E-state index contributed by atoms with van der Waals surface area (Å²) in [4.78, 5) is 12.6. The second-order valence-electron chi connectivity index (χ2n) is 7.42. The molecule has 6 nitrogen and oxygen atoms in total. The lowest BCUT2D eigenvalue weighted by atomic mass is 10.1. The summed E-state index contributed by atoms with van der Waals surface area (Å²) in [7, 11) is 2.28. The number of rotatable bonds is 11. The lowest BCUT2D eigenvalue weighted by Crippen LogP contribution is -2.61. The van der Waals surface area contributed by atoms with Crippen LogP contribution in [0, 0.1) is 0 Å². The van der Waals surface area contributed by atoms with Crippen LogP contribution < -0.4 is 14.8 Å². The van der Waals surface area contributed by atoms with Gasteiger partial charge < -0.3 is 14.8 Å². The summed E-state index contributed by atoms with van der Waals surface area (Å²) in [6, 6.07) is 5.51. The highest BCUT2D eigenvalue weighted by atomic mass is 19.4. The van der Waals surface area contributed by atoms with Gasteiger partial charge in [0.25, 0.3) is 5.91 Å². The van der Waals surface area contributed by atoms with E-state index in [9.17, 15) is 61.9 Å². The van der Waals surface area contributed by atoms with Crippen LogP contribution in [0.1, 0.15) is 15.9 Å². The molecule has 0 aliphatic carbocycles. The van der Waals surface area contributed by atoms with Crippen molar-refractivity contribution in [3.63, 3.8) is 0 Å². The molecular weight excluding hydrogens is 593 g/mol. The molecule has 0 bridgehead atoms. The van der Waals surface area contributed by atoms with Gasteiger partial charge in [-0.1, -0.05) is 18.2 Å². The van der Waals surface area contributed by atoms with Crippen molar-refractivity contribution < 1.29 is 80.8 Å². The number of methoxy groups -OCH3 is 2. The Hall–Kier alpha value is -3.48. The molecule has 0 atom stereocenters. The molecule has 0 saturated carbocycles. The van der Waals surface area contributed by atoms with Crippen LogP contribution in [-0.4, -0.2) is 50.7 Å². The number of hydrogen-bond donors (Lipinski definition) is 1. The molecule has 19 heteroatoms. The molecule has 0 spiro atoms. The fourth-order valence-electron chi connectivity index (χ4n) is 2.90. The van der Waals surface area contributed by atoms with Crippen LogP contribution in [0.5, 0.6) is 11.5 Å². The van der Waals surface area contributed by atoms with E-state index in [0.717, 1.165) is 20.3 Å². The topological polar surface area (TPSA) is 66.0 Å². The van der Waals surface area contributed by atoms with Crippen molar-refractivity contribution in [3.05, 3.63) is 53.6 Å². The van der Waals surface area contributed by atoms with Gasteiger partial charge in [-0.15, -0.1) is 13.2 Å². The number of carbonyl (C=O) groups is 1. The highest BCUT2D eigenvalue weighted by molar-refractivity contribution is 6.08. The molecule has 1 N–H and O–H groups in total. The number of alkyl halides is 13. The van der Waals surface area contributed by atoms with Crippen LogP contribution in [0.3, 0.4) is 0 Å². The zero-order valence-electron chi connectivity index (χ0n) is 19.5. The smallest absolute Gasteiger partial charge is 0.496 e. The molecule has 0 fully saturated rings. The normalized spacial score (nSPS) is 13.7. The predicted molar refractivity (Wildman–Crippen MR) is 106 cm³/mol. The standard InChI is InChI=1S/C21H14F13NO5/c1-37-12-7-4-8-13(38-2)14(12)15(36)35-11-6-3-5-10(9-11)16(22,23)18(26,27)39-19(28,29)17(24,25)20(30,31)40-21(32,33)34/h3-9H,1-2H3,(H,35,36). The van der Waals surface area contributed by atoms with Crippen molar-refractivity contribution in [3.8, 4) is 11.5 Å². The first-order valence-corrected chi connectivity index (χ1v) is 10.0. The van der Waals surface area contributed by atoms with Crippen LogP contribution >= 0.6 is 0 Å². The van der Waals surface area contributed by atoms with E-state index < -0.39 is 53.7 Å². The van der Waals surface area contributed by atoms with Gasteiger partial charge in [-0.2, -0.15) is 43.9 Å². The zero-order chi connectivity index (χ0) is 30.9. The number of carbonyl (C=O) groups excluding carboxylic acids is 1. The van der Waals surface area contributed by atoms with Gasteiger partial charge in [0.1, 0.15) is 17.1 Å². The molecule has 0 saturated heterocycles. The van der Waals surface area contributed by atoms with Crippen LogP contribution in [0.15, 0.2) is 42.5 Å². The van der Waals surface area contributed by atoms with Gasteiger partial charge in [0.2, 0.25) is 0 Å². The second kappa shape index (κ2) is 10.8. The monoisotopic (exact) mass is 607 g/mol. The molecule has 0 aliphatic heterocycles. The van der Waals surface area contributed by atoms with E-state index in [0.29, 0.717) is 6.07 Å². The minimum Gasteiger partial charge on any atom is -0.496 e. The van der Waals surface area contributed by atoms with Crippen LogP contribution in [0.25, 0.3) is 0 Å². The lowest BCUT2D eigenvalue weighted by Gasteiger charge is -2.35. The maximum atomic E-state index is 14.5. The Labute approximate surface area is 214 Å². The molecule has 224 valence electrons. The van der Waals surface area contributed by atoms with Crippen molar-refractivity contribution in [1.82, 2.24) is 0 Å². The highest BCUT2D eigenvalue weighted by Crippen LogP contribution is 2.54. The summed E-state index contributed by atoms with van der Waals surface area (Å²) in [5, 5.41) is 1.98. The van der Waals surface area contributed by atoms with E-state index in [2.05, 4.69) is 0 Å². The number of hydrogen-bond acceptors (Lipinski definition) is 5. The molecule has 2 rings (SSSR count). The molecule has 0 heterocycles. The Morgan fingerprint density at radius 3 is 1.62 bits per heavy atom. The van der Waals surface area contributed by atoms with Gasteiger partial charge in [0, 0.05) is 11.3 Å². The number of nitrogens with one attached hydrogen (secondary N) is 1. The minimum absolute atomic E-state index is 0.0503. The molecular formula is C21H14F13NO5. The van der Waals surface area contributed by atoms with Crippen molar-refractivity contribution in [2.75, 3.05) is 19.5 Å². The van der Waals surface area contributed by atoms with E-state index in [1.165, 1.54) is 18.2 Å². The molecule has 0 aromatic heterocycles. The maximum Gasteiger partial charge on any atom is 0.527 e. The maximum absolute atomic E-state index is 14.5. The highest BCUT2D eigenvalue weighted by Gasteiger charge is 2.80. The average Bonchev–Trinajstić information content (AvgIpc) is 2.81. The van der Waals surface area contributed by atoms with Gasteiger partial charge >= 0.3 is 36.5 Å². The van der Waals surface area contributed by atoms with E-state index in [4.69, 9.17) is 9.47 Å². The first-order chi connectivity index (χ1) is 18.0. The number of benzene rings is 2. The molecule has 1 amide bonds. The molecule has 40 heavy (non-hydrogen) atoms. The average molecular weight is 607 g/mol. The summed E-state index contributed by atoms with van der Waals surface area (Å²) in [6.45, 7) is 0. The molecule has 0 unspecified atom stereocenters. The Morgan fingerprint density at radius 2 is 1.15 bits per heavy atom. The Balaban J connectivity index is 2.39. The second-order valence-corrected chi connectivity index (χ2v) is 7.42. The van der Waals surface area contributed by atoms with E-state index >= 15 is 0 Å². The van der Waals surface area contributed by atoms with Gasteiger partial charge in [-0.25, -0.2) is 9.47 Å². The Kier molecular flexibility index (Phi) is 8.86. The third kappa shape index (κ3) is 6.45. The van der Waals surface area contributed by atoms with Crippen molar-refractivity contribution in [2.24, 2.45) is 0 Å². The van der Waals surface area contributed by atoms with Crippen molar-refractivity contribution in [2.45, 2.75) is 36.5 Å². The Bertz CT molecular complexity index is 1200. The third-order valence-corrected chi connectivity index (χ3v) is 4.73. The van der Waals surface area contributed by atoms with Gasteiger partial charge in [-0.3, -0.25) is 4.79 Å². The van der Waals surface area contributed by atoms with Crippen molar-refractivity contribution >= 4 is 11.6 Å². The van der Waals surface area contributed by atoms with E-state index in [1.54, 1.807) is 4.74 Å². The number of amides is 1. The first-order valence-electron chi connectivity index (χ1n) is 10.0. The summed E-state index contributed by atoms with van der Waals surface area (Å²) < 4.78 is 187. The minimum atomic E-state index is -7.54. The van der Waals surface area contributed by atoms with Crippen LogP contribution in [0.2, 0.25) is 0 Å². The zero-order valence-corrected chi connectivity index (χ0v) is 19.5. The predicted octanol–water partition coefficient (Wildman–Crippen LogP) is 7.01.